The van der Waals surface area contributed by atoms with Gasteiger partial charge in [0, 0.05) is 24.8 Å². The van der Waals surface area contributed by atoms with Gasteiger partial charge < -0.3 is 30.7 Å². The van der Waals surface area contributed by atoms with E-state index in [-0.39, 0.29) is 42.5 Å². The minimum atomic E-state index is -1.45. The van der Waals surface area contributed by atoms with Gasteiger partial charge in [-0.3, -0.25) is 14.9 Å². The predicted molar refractivity (Wildman–Crippen MR) is 184 cm³/mol. The van der Waals surface area contributed by atoms with Gasteiger partial charge >= 0.3 is 12.1 Å². The predicted octanol–water partition coefficient (Wildman–Crippen LogP) is 2.81. The SMILES string of the molecule is CC(C)(C)OC(=O)Nc1nc(C(=NOC2(C(=O)OC(c3ccccc3)c3ccccc3)CC2)C(=O)N[C@@H]2C(=O)N[C@H]2Cn2ncc(CN)n2)cs1. The first kappa shape index (κ1) is 35.2. The van der Waals surface area contributed by atoms with E-state index in [0.717, 1.165) is 22.5 Å². The van der Waals surface area contributed by atoms with Crippen LogP contribution in [0.3, 0.4) is 0 Å². The number of hydrogen-bond donors (Lipinski definition) is 4. The molecule has 0 radical (unpaired) electrons. The molecule has 16 nitrogen and oxygen atoms in total. The molecular formula is C34H37N9O7S. The average molecular weight is 716 g/mol. The minimum Gasteiger partial charge on any atom is -0.450 e. The van der Waals surface area contributed by atoms with Gasteiger partial charge in [-0.25, -0.2) is 14.6 Å². The topological polar surface area (TPSA) is 214 Å². The number of nitrogens with two attached hydrogens (primary N) is 1. The van der Waals surface area contributed by atoms with Crippen LogP contribution < -0.4 is 21.7 Å². The van der Waals surface area contributed by atoms with Crippen LogP contribution >= 0.6 is 11.3 Å². The fourth-order valence-corrected chi connectivity index (χ4v) is 5.75. The lowest BCUT2D eigenvalue weighted by Crippen LogP contribution is -2.70. The Balaban J connectivity index is 1.22. The van der Waals surface area contributed by atoms with Crippen LogP contribution in [0.4, 0.5) is 9.93 Å². The largest absolute Gasteiger partial charge is 0.450 e. The summed E-state index contributed by atoms with van der Waals surface area (Å²) >= 11 is 1.01. The normalized spacial score (nSPS) is 17.9. The third-order valence-electron chi connectivity index (χ3n) is 7.84. The van der Waals surface area contributed by atoms with Crippen molar-refractivity contribution in [2.75, 3.05) is 5.32 Å². The van der Waals surface area contributed by atoms with Crippen molar-refractivity contribution in [3.05, 3.63) is 94.8 Å². The second-order valence-corrected chi connectivity index (χ2v) is 13.8. The summed E-state index contributed by atoms with van der Waals surface area (Å²) in [5, 5.41) is 22.1. The number of ether oxygens (including phenoxy) is 2. The Bertz CT molecular complexity index is 1880. The molecule has 17 heteroatoms. The maximum absolute atomic E-state index is 13.8. The maximum Gasteiger partial charge on any atom is 0.413 e. The Hall–Kier alpha value is -5.68. The second-order valence-electron chi connectivity index (χ2n) is 13.0. The molecule has 2 atom stereocenters. The number of benzene rings is 2. The summed E-state index contributed by atoms with van der Waals surface area (Å²) in [7, 11) is 0. The van der Waals surface area contributed by atoms with E-state index in [4.69, 9.17) is 20.0 Å². The van der Waals surface area contributed by atoms with E-state index in [0.29, 0.717) is 5.69 Å². The van der Waals surface area contributed by atoms with Gasteiger partial charge in [-0.05, 0) is 31.9 Å². The van der Waals surface area contributed by atoms with E-state index in [2.05, 4.69) is 36.3 Å². The van der Waals surface area contributed by atoms with E-state index in [1.807, 2.05) is 60.7 Å². The van der Waals surface area contributed by atoms with Gasteiger partial charge in [0.05, 0.1) is 24.5 Å². The van der Waals surface area contributed by atoms with Gasteiger partial charge in [-0.1, -0.05) is 65.8 Å². The number of oxime groups is 1. The van der Waals surface area contributed by atoms with Crippen LogP contribution in [0.1, 0.15) is 62.2 Å². The first-order valence-electron chi connectivity index (χ1n) is 16.2. The highest BCUT2D eigenvalue weighted by Crippen LogP contribution is 2.43. The molecule has 1 saturated carbocycles. The summed E-state index contributed by atoms with van der Waals surface area (Å²) in [5.41, 5.74) is 5.21. The highest BCUT2D eigenvalue weighted by Gasteiger charge is 2.56. The number of carbonyl (C=O) groups excluding carboxylic acids is 4. The van der Waals surface area contributed by atoms with Crippen LogP contribution in [0.25, 0.3) is 0 Å². The zero-order valence-corrected chi connectivity index (χ0v) is 28.9. The molecule has 4 aromatic rings. The fraction of sp³-hybridized carbons (Fsp3) is 0.353. The van der Waals surface area contributed by atoms with Gasteiger partial charge in [0.25, 0.3) is 5.91 Å². The van der Waals surface area contributed by atoms with Crippen molar-refractivity contribution >= 4 is 46.1 Å². The lowest BCUT2D eigenvalue weighted by atomic mass is 9.98. The number of thiazole rings is 1. The van der Waals surface area contributed by atoms with Crippen molar-refractivity contribution in [1.82, 2.24) is 30.6 Å². The summed E-state index contributed by atoms with van der Waals surface area (Å²) in [5.74, 6) is -1.89. The Morgan fingerprint density at radius 3 is 2.33 bits per heavy atom. The van der Waals surface area contributed by atoms with Crippen molar-refractivity contribution in [3.8, 4) is 0 Å². The van der Waals surface area contributed by atoms with Crippen LogP contribution in [0, 0.1) is 0 Å². The number of β-lactam (4-membered cyclic amide) rings is 1. The van der Waals surface area contributed by atoms with Crippen LogP contribution in [0.5, 0.6) is 0 Å². The minimum absolute atomic E-state index is 0.0248. The Labute approximate surface area is 296 Å². The van der Waals surface area contributed by atoms with Crippen molar-refractivity contribution in [1.29, 1.82) is 0 Å². The molecule has 1 saturated heterocycles. The summed E-state index contributed by atoms with van der Waals surface area (Å²) in [4.78, 5) is 64.0. The molecule has 266 valence electrons. The molecule has 5 N–H and O–H groups in total. The number of aromatic nitrogens is 4. The van der Waals surface area contributed by atoms with Crippen LogP contribution in [0.2, 0.25) is 0 Å². The summed E-state index contributed by atoms with van der Waals surface area (Å²) in [6, 6.07) is 17.1. The smallest absolute Gasteiger partial charge is 0.413 e. The molecule has 3 heterocycles. The fourth-order valence-electron chi connectivity index (χ4n) is 5.07. The maximum atomic E-state index is 13.8. The van der Waals surface area contributed by atoms with E-state index < -0.39 is 53.3 Å². The molecule has 0 spiro atoms. The lowest BCUT2D eigenvalue weighted by Gasteiger charge is -2.36. The zero-order chi connectivity index (χ0) is 36.2. The molecule has 6 rings (SSSR count). The van der Waals surface area contributed by atoms with Crippen LogP contribution in [0.15, 0.2) is 77.4 Å². The first-order chi connectivity index (χ1) is 24.4. The molecule has 0 bridgehead atoms. The second kappa shape index (κ2) is 14.7. The highest BCUT2D eigenvalue weighted by atomic mass is 32.1. The van der Waals surface area contributed by atoms with Gasteiger partial charge in [-0.2, -0.15) is 15.0 Å². The molecule has 1 aliphatic carbocycles. The van der Waals surface area contributed by atoms with Crippen LogP contribution in [-0.4, -0.2) is 72.9 Å². The highest BCUT2D eigenvalue weighted by molar-refractivity contribution is 7.14. The third kappa shape index (κ3) is 8.56. The lowest BCUT2D eigenvalue weighted by molar-refractivity contribution is -0.164. The standard InChI is InChI=1S/C34H37N9O7S/c1-33(2,3)49-32(47)40-31-38-24(19-51-31)26(29(45)39-25-23(37-28(25)44)18-43-36-17-22(16-35)41-43)42-50-34(14-15-34)30(46)48-27(20-10-6-4-7-11-20)21-12-8-5-9-13-21/h4-13,17,19,23,25,27H,14-16,18,35H2,1-3H3,(H,37,44)(H,39,45)(H,38,40,47)/t23-,25-/m0/s1. The number of nitrogens with zero attached hydrogens (tertiary/aromatic N) is 5. The average Bonchev–Trinajstić information content (AvgIpc) is 3.52. The molecule has 2 aliphatic rings. The number of carbonyl (C=O) groups is 4. The molecule has 1 aliphatic heterocycles. The summed E-state index contributed by atoms with van der Waals surface area (Å²) in [6.07, 6.45) is 0.636. The molecule has 2 aromatic heterocycles. The van der Waals surface area contributed by atoms with Crippen LogP contribution in [-0.2, 0) is 41.8 Å². The number of hydrogen-bond acceptors (Lipinski definition) is 13. The zero-order valence-electron chi connectivity index (χ0n) is 28.1. The van der Waals surface area contributed by atoms with Gasteiger partial charge in [-0.15, -0.1) is 11.3 Å². The van der Waals surface area contributed by atoms with Gasteiger partial charge in [0.2, 0.25) is 11.5 Å². The van der Waals surface area contributed by atoms with Gasteiger partial charge in [0.15, 0.2) is 16.9 Å². The molecule has 51 heavy (non-hydrogen) atoms. The van der Waals surface area contributed by atoms with Crippen molar-refractivity contribution in [3.63, 3.8) is 0 Å². The summed E-state index contributed by atoms with van der Waals surface area (Å²) in [6.45, 7) is 5.52. The summed E-state index contributed by atoms with van der Waals surface area (Å²) < 4.78 is 11.3. The number of amides is 3. The Morgan fingerprint density at radius 1 is 1.10 bits per heavy atom. The van der Waals surface area contributed by atoms with Crippen molar-refractivity contribution in [2.24, 2.45) is 10.9 Å². The van der Waals surface area contributed by atoms with E-state index in [1.165, 1.54) is 16.4 Å². The number of anilines is 1. The quantitative estimate of drug-likeness (QED) is 0.0684. The molecule has 0 unspecified atom stereocenters. The first-order valence-corrected chi connectivity index (χ1v) is 17.0. The molecule has 2 fully saturated rings. The third-order valence-corrected chi connectivity index (χ3v) is 8.60. The molecular weight excluding hydrogens is 678 g/mol. The van der Waals surface area contributed by atoms with E-state index in [1.54, 1.807) is 20.8 Å². The Morgan fingerprint density at radius 2 is 1.76 bits per heavy atom. The van der Waals surface area contributed by atoms with Crippen molar-refractivity contribution < 1.29 is 33.5 Å². The van der Waals surface area contributed by atoms with E-state index >= 15 is 0 Å². The Kier molecular flexibility index (Phi) is 10.1. The number of rotatable bonds is 13. The monoisotopic (exact) mass is 715 g/mol. The van der Waals surface area contributed by atoms with E-state index in [9.17, 15) is 19.2 Å². The van der Waals surface area contributed by atoms with Gasteiger partial charge in [0.1, 0.15) is 17.3 Å². The molecule has 2 aromatic carbocycles. The molecule has 3 amide bonds. The number of esters is 1. The van der Waals surface area contributed by atoms with Crippen molar-refractivity contribution in [2.45, 2.75) is 76.1 Å². The number of nitrogens with one attached hydrogen (secondary N) is 3.